The van der Waals surface area contributed by atoms with Gasteiger partial charge in [0, 0.05) is 0 Å². The average molecular weight is 447 g/mol. The highest BCUT2D eigenvalue weighted by Crippen LogP contribution is 2.67. The number of hydrogen-bond acceptors (Lipinski definition) is 3. The van der Waals surface area contributed by atoms with Crippen LogP contribution in [-0.2, 0) is 0 Å². The molecule has 0 amide bonds. The van der Waals surface area contributed by atoms with Crippen molar-refractivity contribution in [3.8, 4) is 0 Å². The molecular formula is C29H50O3. The first-order chi connectivity index (χ1) is 15.0. The molecule has 3 N–H and O–H groups in total. The lowest BCUT2D eigenvalue weighted by Gasteiger charge is -2.59. The Balaban J connectivity index is 1.56. The molecule has 3 saturated carbocycles. The maximum Gasteiger partial charge on any atom is 0.0757 e. The van der Waals surface area contributed by atoms with Crippen LogP contribution in [0.5, 0.6) is 0 Å². The molecule has 11 atom stereocenters. The van der Waals surface area contributed by atoms with Crippen LogP contribution < -0.4 is 0 Å². The third-order valence-electron chi connectivity index (χ3n) is 11.3. The highest BCUT2D eigenvalue weighted by Gasteiger charge is 2.63. The summed E-state index contributed by atoms with van der Waals surface area (Å²) in [6, 6.07) is 0. The van der Waals surface area contributed by atoms with Gasteiger partial charge in [-0.25, -0.2) is 0 Å². The monoisotopic (exact) mass is 446 g/mol. The molecule has 3 fully saturated rings. The second-order valence-electron chi connectivity index (χ2n) is 13.1. The fourth-order valence-corrected chi connectivity index (χ4v) is 9.38. The molecule has 3 nitrogen and oxygen atoms in total. The molecule has 0 spiro atoms. The molecule has 3 unspecified atom stereocenters. The summed E-state index contributed by atoms with van der Waals surface area (Å²) in [6.45, 7) is 14.2. The molecule has 0 bridgehead atoms. The molecule has 184 valence electrons. The summed E-state index contributed by atoms with van der Waals surface area (Å²) in [4.78, 5) is 0. The normalized spacial score (nSPS) is 47.9. The molecule has 0 aromatic carbocycles. The minimum absolute atomic E-state index is 0.116. The van der Waals surface area contributed by atoms with Crippen molar-refractivity contribution in [3.63, 3.8) is 0 Å². The molecule has 0 radical (unpaired) electrons. The van der Waals surface area contributed by atoms with Crippen molar-refractivity contribution in [1.82, 2.24) is 0 Å². The van der Waals surface area contributed by atoms with E-state index in [0.717, 1.165) is 43.9 Å². The van der Waals surface area contributed by atoms with Gasteiger partial charge in [0.05, 0.1) is 18.3 Å². The maximum atomic E-state index is 11.4. The SMILES string of the molecule is CC[C@H](CC[C@@H](C)[C@H]1C(O)C[C@H]2[C@@H]3C(O)C=C4CC(O)CC[C@]4(C)[C@H]3CC[C@]12C)C(C)C. The van der Waals surface area contributed by atoms with E-state index in [1.165, 1.54) is 31.3 Å². The molecule has 0 aromatic heterocycles. The predicted molar refractivity (Wildman–Crippen MR) is 131 cm³/mol. The zero-order valence-corrected chi connectivity index (χ0v) is 21.6. The van der Waals surface area contributed by atoms with Crippen LogP contribution in [-0.4, -0.2) is 33.6 Å². The lowest BCUT2D eigenvalue weighted by atomic mass is 9.46. The van der Waals surface area contributed by atoms with Gasteiger partial charge in [-0.3, -0.25) is 0 Å². The molecular weight excluding hydrogens is 396 g/mol. The van der Waals surface area contributed by atoms with Crippen LogP contribution in [0.15, 0.2) is 11.6 Å². The van der Waals surface area contributed by atoms with E-state index in [4.69, 9.17) is 0 Å². The second-order valence-corrected chi connectivity index (χ2v) is 13.1. The largest absolute Gasteiger partial charge is 0.393 e. The van der Waals surface area contributed by atoms with E-state index in [2.05, 4.69) is 47.6 Å². The van der Waals surface area contributed by atoms with Crippen molar-refractivity contribution < 1.29 is 15.3 Å². The van der Waals surface area contributed by atoms with E-state index >= 15 is 0 Å². The van der Waals surface area contributed by atoms with Gasteiger partial charge in [-0.15, -0.1) is 0 Å². The molecule has 0 aromatic rings. The van der Waals surface area contributed by atoms with Gasteiger partial charge in [0.2, 0.25) is 0 Å². The standard InChI is InChI=1S/C29H50O3/c1-7-19(17(2)3)9-8-18(4)27-25(32)16-23-26-22(11-13-29(23,27)6)28(5)12-10-21(30)14-20(28)15-24(26)31/h15,17-19,21-27,30-32H,7-14,16H2,1-6H3/t18-,19-,21?,22+,23+,24?,25?,26-,27+,28+,29+/m1/s1. The Labute approximate surface area is 197 Å². The molecule has 4 aliphatic carbocycles. The maximum absolute atomic E-state index is 11.4. The van der Waals surface area contributed by atoms with Gasteiger partial charge in [0.25, 0.3) is 0 Å². The lowest BCUT2D eigenvalue weighted by molar-refractivity contribution is -0.0989. The third-order valence-corrected chi connectivity index (χ3v) is 11.3. The average Bonchev–Trinajstić information content (AvgIpc) is 2.99. The van der Waals surface area contributed by atoms with Crippen molar-refractivity contribution in [2.75, 3.05) is 0 Å². The van der Waals surface area contributed by atoms with Crippen LogP contribution in [0.4, 0.5) is 0 Å². The molecule has 4 rings (SSSR count). The van der Waals surface area contributed by atoms with Gasteiger partial charge in [-0.2, -0.15) is 0 Å². The van der Waals surface area contributed by atoms with Gasteiger partial charge in [0.1, 0.15) is 0 Å². The number of rotatable bonds is 6. The highest BCUT2D eigenvalue weighted by atomic mass is 16.3. The summed E-state index contributed by atoms with van der Waals surface area (Å²) in [6.07, 6.45) is 10.7. The molecule has 4 aliphatic rings. The van der Waals surface area contributed by atoms with E-state index in [1.54, 1.807) is 0 Å². The van der Waals surface area contributed by atoms with Crippen molar-refractivity contribution in [3.05, 3.63) is 11.6 Å². The van der Waals surface area contributed by atoms with E-state index < -0.39 is 6.10 Å². The van der Waals surface area contributed by atoms with Crippen molar-refractivity contribution in [1.29, 1.82) is 0 Å². The Morgan fingerprint density at radius 3 is 2.38 bits per heavy atom. The van der Waals surface area contributed by atoms with E-state index in [-0.39, 0.29) is 29.0 Å². The van der Waals surface area contributed by atoms with Crippen LogP contribution >= 0.6 is 0 Å². The predicted octanol–water partition coefficient (Wildman–Crippen LogP) is 5.97. The second kappa shape index (κ2) is 9.00. The smallest absolute Gasteiger partial charge is 0.0757 e. The summed E-state index contributed by atoms with van der Waals surface area (Å²) in [5.41, 5.74) is 1.54. The van der Waals surface area contributed by atoms with Crippen LogP contribution in [0.1, 0.15) is 99.3 Å². The van der Waals surface area contributed by atoms with Crippen LogP contribution in [0.3, 0.4) is 0 Å². The van der Waals surface area contributed by atoms with Gasteiger partial charge in [-0.05, 0) is 97.2 Å². The highest BCUT2D eigenvalue weighted by molar-refractivity contribution is 5.28. The minimum Gasteiger partial charge on any atom is -0.393 e. The molecule has 32 heavy (non-hydrogen) atoms. The van der Waals surface area contributed by atoms with Gasteiger partial charge >= 0.3 is 0 Å². The Bertz CT molecular complexity index is 701. The lowest BCUT2D eigenvalue weighted by Crippen LogP contribution is -2.55. The fourth-order valence-electron chi connectivity index (χ4n) is 9.38. The number of fused-ring (bicyclic) bond motifs is 5. The topological polar surface area (TPSA) is 60.7 Å². The third kappa shape index (κ3) is 3.93. The zero-order chi connectivity index (χ0) is 23.4. The van der Waals surface area contributed by atoms with Crippen LogP contribution in [0.25, 0.3) is 0 Å². The van der Waals surface area contributed by atoms with Crippen molar-refractivity contribution in [2.45, 2.75) is 118 Å². The summed E-state index contributed by atoms with van der Waals surface area (Å²) >= 11 is 0. The Kier molecular flexibility index (Phi) is 6.96. The number of aliphatic hydroxyl groups excluding tert-OH is 3. The summed E-state index contributed by atoms with van der Waals surface area (Å²) in [5, 5.41) is 33.0. The van der Waals surface area contributed by atoms with E-state index in [1.807, 2.05) is 0 Å². The first-order valence-corrected chi connectivity index (χ1v) is 13.8. The first-order valence-electron chi connectivity index (χ1n) is 13.8. The fraction of sp³-hybridized carbons (Fsp3) is 0.931. The number of aliphatic hydroxyl groups is 3. The Morgan fingerprint density at radius 1 is 1.00 bits per heavy atom. The molecule has 0 heterocycles. The van der Waals surface area contributed by atoms with E-state index in [9.17, 15) is 15.3 Å². The Morgan fingerprint density at radius 2 is 1.72 bits per heavy atom. The summed E-state index contributed by atoms with van der Waals surface area (Å²) in [7, 11) is 0. The first kappa shape index (κ1) is 24.7. The van der Waals surface area contributed by atoms with E-state index in [0.29, 0.717) is 23.7 Å². The van der Waals surface area contributed by atoms with Gasteiger partial charge in [0.15, 0.2) is 0 Å². The molecule has 3 heteroatoms. The van der Waals surface area contributed by atoms with Crippen LogP contribution in [0, 0.1) is 52.3 Å². The van der Waals surface area contributed by atoms with Crippen molar-refractivity contribution in [2.24, 2.45) is 52.3 Å². The van der Waals surface area contributed by atoms with Gasteiger partial charge < -0.3 is 15.3 Å². The van der Waals surface area contributed by atoms with Gasteiger partial charge in [-0.1, -0.05) is 66.0 Å². The quantitative estimate of drug-likeness (QED) is 0.441. The zero-order valence-electron chi connectivity index (χ0n) is 21.6. The summed E-state index contributed by atoms with van der Waals surface area (Å²) < 4.78 is 0. The minimum atomic E-state index is -0.426. The van der Waals surface area contributed by atoms with Crippen molar-refractivity contribution >= 4 is 0 Å². The molecule has 0 saturated heterocycles. The Hall–Kier alpha value is -0.380. The summed E-state index contributed by atoms with van der Waals surface area (Å²) in [5.74, 6) is 3.51. The van der Waals surface area contributed by atoms with Crippen LogP contribution in [0.2, 0.25) is 0 Å². The number of hydrogen-bond donors (Lipinski definition) is 3. The molecule has 0 aliphatic heterocycles.